The Morgan fingerprint density at radius 2 is 2.00 bits per heavy atom. The summed E-state index contributed by atoms with van der Waals surface area (Å²) in [5.41, 5.74) is 1.42. The summed E-state index contributed by atoms with van der Waals surface area (Å²) in [7, 11) is 0. The van der Waals surface area contributed by atoms with E-state index in [9.17, 15) is 4.79 Å². The van der Waals surface area contributed by atoms with Gasteiger partial charge in [-0.25, -0.2) is 4.99 Å². The van der Waals surface area contributed by atoms with Crippen molar-refractivity contribution in [3.63, 3.8) is 0 Å². The smallest absolute Gasteiger partial charge is 0.264 e. The molecule has 0 saturated carbocycles. The summed E-state index contributed by atoms with van der Waals surface area (Å²) in [6.07, 6.45) is 1.75. The zero-order valence-electron chi connectivity index (χ0n) is 13.3. The van der Waals surface area contributed by atoms with Gasteiger partial charge in [-0.2, -0.15) is 0 Å². The Morgan fingerprint density at radius 1 is 1.20 bits per heavy atom. The van der Waals surface area contributed by atoms with Crippen LogP contribution in [0.5, 0.6) is 5.75 Å². The molecule has 0 aliphatic carbocycles. The molecule has 1 aliphatic heterocycles. The van der Waals surface area contributed by atoms with E-state index in [-0.39, 0.29) is 5.91 Å². The lowest BCUT2D eigenvalue weighted by atomic mass is 10.2. The van der Waals surface area contributed by atoms with Crippen molar-refractivity contribution in [2.24, 2.45) is 4.99 Å². The number of amidine groups is 1. The number of benzene rings is 2. The Kier molecular flexibility index (Phi) is 5.68. The highest BCUT2D eigenvalue weighted by Crippen LogP contribution is 2.32. The van der Waals surface area contributed by atoms with Gasteiger partial charge in [-0.1, -0.05) is 29.3 Å². The Morgan fingerprint density at radius 3 is 2.76 bits per heavy atom. The number of halogens is 2. The van der Waals surface area contributed by atoms with E-state index in [1.165, 1.54) is 11.8 Å². The fourth-order valence-electron chi connectivity index (χ4n) is 2.20. The fraction of sp³-hybridized carbons (Fsp3) is 0.111. The molecular weight excluding hydrogens is 379 g/mol. The molecule has 25 heavy (non-hydrogen) atoms. The lowest BCUT2D eigenvalue weighted by molar-refractivity contribution is -0.115. The van der Waals surface area contributed by atoms with Gasteiger partial charge in [0.15, 0.2) is 5.17 Å². The molecule has 0 atom stereocenters. The maximum absolute atomic E-state index is 12.2. The van der Waals surface area contributed by atoms with E-state index in [1.807, 2.05) is 13.0 Å². The highest BCUT2D eigenvalue weighted by atomic mass is 35.5. The maximum Gasteiger partial charge on any atom is 0.264 e. The normalized spacial score (nSPS) is 17.2. The monoisotopic (exact) mass is 392 g/mol. The zero-order valence-corrected chi connectivity index (χ0v) is 15.6. The summed E-state index contributed by atoms with van der Waals surface area (Å²) >= 11 is 13.3. The first-order chi connectivity index (χ1) is 12.0. The molecule has 128 valence electrons. The van der Waals surface area contributed by atoms with Gasteiger partial charge in [0.2, 0.25) is 0 Å². The molecular formula is C18H14Cl2N2O2S. The van der Waals surface area contributed by atoms with Crippen LogP contribution in [0, 0.1) is 0 Å². The van der Waals surface area contributed by atoms with Gasteiger partial charge in [0.25, 0.3) is 5.91 Å². The van der Waals surface area contributed by atoms with Gasteiger partial charge in [0, 0.05) is 15.6 Å². The molecule has 1 amide bonds. The van der Waals surface area contributed by atoms with Crippen LogP contribution >= 0.6 is 35.0 Å². The number of hydrogen-bond donors (Lipinski definition) is 1. The van der Waals surface area contributed by atoms with Crippen molar-refractivity contribution >= 4 is 57.8 Å². The van der Waals surface area contributed by atoms with Gasteiger partial charge in [-0.05, 0) is 61.2 Å². The number of carbonyl (C=O) groups excluding carboxylic acids is 1. The van der Waals surface area contributed by atoms with Gasteiger partial charge in [-0.3, -0.25) is 4.79 Å². The van der Waals surface area contributed by atoms with Crippen LogP contribution in [0.2, 0.25) is 10.0 Å². The molecule has 1 saturated heterocycles. The summed E-state index contributed by atoms with van der Waals surface area (Å²) < 4.78 is 5.58. The second-order valence-electron chi connectivity index (χ2n) is 5.08. The number of nitrogens with one attached hydrogen (secondary N) is 1. The maximum atomic E-state index is 12.2. The van der Waals surface area contributed by atoms with Crippen LogP contribution in [0.4, 0.5) is 5.69 Å². The predicted octanol–water partition coefficient (Wildman–Crippen LogP) is 5.28. The number of carbonyl (C=O) groups is 1. The third-order valence-corrected chi connectivity index (χ3v) is 4.63. The van der Waals surface area contributed by atoms with Gasteiger partial charge < -0.3 is 10.1 Å². The van der Waals surface area contributed by atoms with E-state index in [2.05, 4.69) is 10.3 Å². The summed E-state index contributed by atoms with van der Waals surface area (Å²) in [5.74, 6) is 0.459. The number of rotatable bonds is 4. The van der Waals surface area contributed by atoms with E-state index in [4.69, 9.17) is 27.9 Å². The van der Waals surface area contributed by atoms with Crippen molar-refractivity contribution in [3.05, 3.63) is 63.0 Å². The summed E-state index contributed by atoms with van der Waals surface area (Å²) in [5, 5.41) is 4.41. The van der Waals surface area contributed by atoms with Gasteiger partial charge in [-0.15, -0.1) is 0 Å². The van der Waals surface area contributed by atoms with Crippen molar-refractivity contribution in [2.45, 2.75) is 6.92 Å². The molecule has 1 heterocycles. The quantitative estimate of drug-likeness (QED) is 0.719. The molecule has 0 bridgehead atoms. The Hall–Kier alpha value is -1.95. The first-order valence-corrected chi connectivity index (χ1v) is 9.10. The molecule has 0 radical (unpaired) electrons. The van der Waals surface area contributed by atoms with Crippen molar-refractivity contribution in [1.29, 1.82) is 0 Å². The first-order valence-electron chi connectivity index (χ1n) is 7.52. The summed E-state index contributed by atoms with van der Waals surface area (Å²) in [6.45, 7) is 2.43. The van der Waals surface area contributed by atoms with Crippen LogP contribution < -0.4 is 10.1 Å². The van der Waals surface area contributed by atoms with Gasteiger partial charge in [0.05, 0.1) is 17.2 Å². The van der Waals surface area contributed by atoms with Crippen LogP contribution in [-0.2, 0) is 4.79 Å². The number of aliphatic imine (C=N–C) groups is 1. The van der Waals surface area contributed by atoms with Gasteiger partial charge >= 0.3 is 0 Å². The van der Waals surface area contributed by atoms with E-state index in [0.29, 0.717) is 38.2 Å². The van der Waals surface area contributed by atoms with E-state index in [1.54, 1.807) is 42.5 Å². The fourth-order valence-corrected chi connectivity index (χ4v) is 3.40. The lowest BCUT2D eigenvalue weighted by Gasteiger charge is -2.07. The third kappa shape index (κ3) is 4.57. The number of hydrogen-bond acceptors (Lipinski definition) is 4. The van der Waals surface area contributed by atoms with Crippen LogP contribution in [0.25, 0.3) is 6.08 Å². The third-order valence-electron chi connectivity index (χ3n) is 3.25. The predicted molar refractivity (Wildman–Crippen MR) is 105 cm³/mol. The topological polar surface area (TPSA) is 50.7 Å². The molecule has 0 aromatic heterocycles. The minimum atomic E-state index is -0.215. The number of amides is 1. The zero-order chi connectivity index (χ0) is 17.8. The Labute approximate surface area is 159 Å². The average molecular weight is 393 g/mol. The number of nitrogens with zero attached hydrogens (tertiary/aromatic N) is 1. The van der Waals surface area contributed by atoms with Crippen molar-refractivity contribution in [2.75, 3.05) is 6.61 Å². The molecule has 0 unspecified atom stereocenters. The average Bonchev–Trinajstić information content (AvgIpc) is 2.89. The standard InChI is InChI=1S/C18H14Cl2N2O2S/c1-2-24-15-7-6-13(20)8-11(15)9-16-17(23)22-18(25-16)21-14-5-3-4-12(19)10-14/h3-10H,2H2,1H3,(H,21,22,23)/b16-9-. The van der Waals surface area contributed by atoms with Crippen molar-refractivity contribution in [3.8, 4) is 5.75 Å². The minimum absolute atomic E-state index is 0.215. The van der Waals surface area contributed by atoms with Crippen LogP contribution in [0.1, 0.15) is 12.5 Å². The summed E-state index contributed by atoms with van der Waals surface area (Å²) in [6, 6.07) is 12.4. The highest BCUT2D eigenvalue weighted by Gasteiger charge is 2.24. The minimum Gasteiger partial charge on any atom is -0.493 e. The van der Waals surface area contributed by atoms with Gasteiger partial charge in [0.1, 0.15) is 5.75 Å². The molecule has 1 N–H and O–H groups in total. The van der Waals surface area contributed by atoms with Crippen LogP contribution in [-0.4, -0.2) is 17.7 Å². The van der Waals surface area contributed by atoms with E-state index in [0.717, 1.165) is 5.56 Å². The molecule has 0 spiro atoms. The first kappa shape index (κ1) is 17.9. The molecule has 2 aromatic rings. The highest BCUT2D eigenvalue weighted by molar-refractivity contribution is 8.18. The SMILES string of the molecule is CCOc1ccc(Cl)cc1/C=C1\SC(=Nc2cccc(Cl)c2)NC1=O. The Bertz CT molecular complexity index is 881. The largest absolute Gasteiger partial charge is 0.493 e. The molecule has 7 heteroatoms. The lowest BCUT2D eigenvalue weighted by Crippen LogP contribution is -2.19. The second kappa shape index (κ2) is 7.95. The number of ether oxygens (including phenoxy) is 1. The second-order valence-corrected chi connectivity index (χ2v) is 6.98. The molecule has 1 aliphatic rings. The van der Waals surface area contributed by atoms with Crippen LogP contribution in [0.15, 0.2) is 52.4 Å². The molecule has 2 aromatic carbocycles. The molecule has 4 nitrogen and oxygen atoms in total. The van der Waals surface area contributed by atoms with Crippen molar-refractivity contribution < 1.29 is 9.53 Å². The number of thioether (sulfide) groups is 1. The molecule has 3 rings (SSSR count). The summed E-state index contributed by atoms with van der Waals surface area (Å²) in [4.78, 5) is 17.1. The van der Waals surface area contributed by atoms with E-state index < -0.39 is 0 Å². The van der Waals surface area contributed by atoms with Crippen LogP contribution in [0.3, 0.4) is 0 Å². The Balaban J connectivity index is 1.88. The van der Waals surface area contributed by atoms with E-state index >= 15 is 0 Å². The molecule has 1 fully saturated rings. The van der Waals surface area contributed by atoms with Crippen molar-refractivity contribution in [1.82, 2.24) is 5.32 Å².